The molecule has 1 fully saturated rings. The third-order valence-electron chi connectivity index (χ3n) is 3.17. The molecule has 15 heavy (non-hydrogen) atoms. The number of nitrogens with one attached hydrogen (secondary N) is 1. The molecule has 0 aromatic heterocycles. The van der Waals surface area contributed by atoms with Gasteiger partial charge in [-0.05, 0) is 37.0 Å². The normalized spacial score (nSPS) is 26.1. The molecule has 0 bridgehead atoms. The average molecular weight is 205 g/mol. The maximum atomic E-state index is 5.22. The quantitative estimate of drug-likeness (QED) is 0.816. The van der Waals surface area contributed by atoms with E-state index < -0.39 is 0 Å². The van der Waals surface area contributed by atoms with E-state index in [0.29, 0.717) is 12.1 Å². The molecule has 0 heterocycles. The van der Waals surface area contributed by atoms with E-state index in [1.165, 1.54) is 12.0 Å². The second kappa shape index (κ2) is 4.23. The average Bonchev–Trinajstić information content (AvgIpc) is 2.94. The first-order valence-electron chi connectivity index (χ1n) is 5.60. The van der Waals surface area contributed by atoms with Crippen LogP contribution in [0, 0.1) is 5.92 Å². The summed E-state index contributed by atoms with van der Waals surface area (Å²) in [5.74, 6) is 1.78. The van der Waals surface area contributed by atoms with Crippen molar-refractivity contribution in [3.8, 4) is 5.75 Å². The Hall–Kier alpha value is -1.02. The summed E-state index contributed by atoms with van der Waals surface area (Å²) in [6.45, 7) is 4.50. The molecule has 3 unspecified atom stereocenters. The fraction of sp³-hybridized carbons (Fsp3) is 0.538. The number of rotatable bonds is 4. The van der Waals surface area contributed by atoms with Crippen LogP contribution in [-0.4, -0.2) is 13.2 Å². The Morgan fingerprint density at radius 3 is 2.80 bits per heavy atom. The van der Waals surface area contributed by atoms with Crippen molar-refractivity contribution in [1.29, 1.82) is 0 Å². The van der Waals surface area contributed by atoms with E-state index in [2.05, 4.69) is 31.3 Å². The van der Waals surface area contributed by atoms with Crippen LogP contribution in [0.5, 0.6) is 5.75 Å². The van der Waals surface area contributed by atoms with Crippen molar-refractivity contribution >= 4 is 0 Å². The molecule has 2 heteroatoms. The van der Waals surface area contributed by atoms with Crippen LogP contribution < -0.4 is 10.1 Å². The van der Waals surface area contributed by atoms with Gasteiger partial charge in [-0.3, -0.25) is 0 Å². The Morgan fingerprint density at radius 1 is 1.47 bits per heavy atom. The minimum absolute atomic E-state index is 0.412. The van der Waals surface area contributed by atoms with Crippen molar-refractivity contribution in [3.05, 3.63) is 29.8 Å². The fourth-order valence-electron chi connectivity index (χ4n) is 1.88. The van der Waals surface area contributed by atoms with Crippen molar-refractivity contribution in [3.63, 3.8) is 0 Å². The van der Waals surface area contributed by atoms with Gasteiger partial charge in [0.05, 0.1) is 7.11 Å². The molecule has 0 saturated heterocycles. The Labute approximate surface area is 91.6 Å². The van der Waals surface area contributed by atoms with Gasteiger partial charge >= 0.3 is 0 Å². The highest BCUT2D eigenvalue weighted by atomic mass is 16.5. The van der Waals surface area contributed by atoms with Crippen molar-refractivity contribution < 1.29 is 4.74 Å². The van der Waals surface area contributed by atoms with Gasteiger partial charge < -0.3 is 10.1 Å². The Bertz CT molecular complexity index is 337. The third-order valence-corrected chi connectivity index (χ3v) is 3.17. The Morgan fingerprint density at radius 2 is 2.20 bits per heavy atom. The van der Waals surface area contributed by atoms with Gasteiger partial charge in [-0.25, -0.2) is 0 Å². The zero-order chi connectivity index (χ0) is 10.8. The van der Waals surface area contributed by atoms with Crippen LogP contribution >= 0.6 is 0 Å². The van der Waals surface area contributed by atoms with Crippen LogP contribution in [0.4, 0.5) is 0 Å². The van der Waals surface area contributed by atoms with E-state index in [0.717, 1.165) is 11.7 Å². The predicted octanol–water partition coefficient (Wildman–Crippen LogP) is 2.75. The molecule has 1 saturated carbocycles. The topological polar surface area (TPSA) is 21.3 Å². The van der Waals surface area contributed by atoms with E-state index in [1.54, 1.807) is 7.11 Å². The lowest BCUT2D eigenvalue weighted by atomic mass is 10.1. The third kappa shape index (κ3) is 2.51. The first-order valence-corrected chi connectivity index (χ1v) is 5.60. The Kier molecular flexibility index (Phi) is 2.96. The monoisotopic (exact) mass is 205 g/mol. The minimum atomic E-state index is 0.412. The highest BCUT2D eigenvalue weighted by Gasteiger charge is 2.33. The van der Waals surface area contributed by atoms with Crippen LogP contribution in [0.1, 0.15) is 31.9 Å². The van der Waals surface area contributed by atoms with Gasteiger partial charge in [0.1, 0.15) is 5.75 Å². The van der Waals surface area contributed by atoms with Gasteiger partial charge in [-0.1, -0.05) is 19.1 Å². The largest absolute Gasteiger partial charge is 0.497 e. The summed E-state index contributed by atoms with van der Waals surface area (Å²) in [7, 11) is 1.71. The van der Waals surface area contributed by atoms with Gasteiger partial charge in [0, 0.05) is 12.1 Å². The van der Waals surface area contributed by atoms with Gasteiger partial charge in [0.15, 0.2) is 0 Å². The van der Waals surface area contributed by atoms with Gasteiger partial charge in [-0.2, -0.15) is 0 Å². The maximum Gasteiger partial charge on any atom is 0.119 e. The molecular weight excluding hydrogens is 186 g/mol. The summed E-state index contributed by atoms with van der Waals surface area (Å²) in [6.07, 6.45) is 1.31. The molecule has 1 aromatic rings. The number of hydrogen-bond donors (Lipinski definition) is 1. The van der Waals surface area contributed by atoms with Crippen LogP contribution in [0.15, 0.2) is 24.3 Å². The van der Waals surface area contributed by atoms with Crippen LogP contribution in [-0.2, 0) is 0 Å². The number of hydrogen-bond acceptors (Lipinski definition) is 2. The fourth-order valence-corrected chi connectivity index (χ4v) is 1.88. The lowest BCUT2D eigenvalue weighted by molar-refractivity contribution is 0.413. The number of methoxy groups -OCH3 is 1. The number of ether oxygens (including phenoxy) is 1. The van der Waals surface area contributed by atoms with Gasteiger partial charge in [-0.15, -0.1) is 0 Å². The highest BCUT2D eigenvalue weighted by molar-refractivity contribution is 5.30. The zero-order valence-electron chi connectivity index (χ0n) is 9.66. The molecule has 1 aromatic carbocycles. The first-order chi connectivity index (χ1) is 7.20. The van der Waals surface area contributed by atoms with E-state index in [-0.39, 0.29) is 0 Å². The summed E-state index contributed by atoms with van der Waals surface area (Å²) in [5.41, 5.74) is 1.30. The van der Waals surface area contributed by atoms with E-state index in [9.17, 15) is 0 Å². The molecule has 1 aliphatic rings. The molecule has 1 aliphatic carbocycles. The SMILES string of the molecule is COc1cccc(C(C)NC2CC2C)c1. The molecular formula is C13H19NO. The molecule has 0 aliphatic heterocycles. The molecule has 2 nitrogen and oxygen atoms in total. The van der Waals surface area contributed by atoms with Gasteiger partial charge in [0.25, 0.3) is 0 Å². The van der Waals surface area contributed by atoms with Crippen LogP contribution in [0.2, 0.25) is 0 Å². The molecule has 1 N–H and O–H groups in total. The molecule has 0 amide bonds. The number of benzene rings is 1. The second-order valence-electron chi connectivity index (χ2n) is 4.48. The Balaban J connectivity index is 2.00. The van der Waals surface area contributed by atoms with Gasteiger partial charge in [0.2, 0.25) is 0 Å². The van der Waals surface area contributed by atoms with Crippen molar-refractivity contribution in [1.82, 2.24) is 5.32 Å². The maximum absolute atomic E-state index is 5.22. The molecule has 0 spiro atoms. The minimum Gasteiger partial charge on any atom is -0.497 e. The summed E-state index contributed by atoms with van der Waals surface area (Å²) >= 11 is 0. The van der Waals surface area contributed by atoms with E-state index >= 15 is 0 Å². The predicted molar refractivity (Wildman–Crippen MR) is 62.1 cm³/mol. The van der Waals surface area contributed by atoms with E-state index in [4.69, 9.17) is 4.74 Å². The smallest absolute Gasteiger partial charge is 0.119 e. The first kappa shape index (κ1) is 10.5. The van der Waals surface area contributed by atoms with E-state index in [1.807, 2.05) is 12.1 Å². The van der Waals surface area contributed by atoms with Crippen molar-refractivity contribution in [2.75, 3.05) is 7.11 Å². The summed E-state index contributed by atoms with van der Waals surface area (Å²) in [4.78, 5) is 0. The molecule has 0 radical (unpaired) electrons. The molecule has 82 valence electrons. The lowest BCUT2D eigenvalue weighted by Gasteiger charge is -2.14. The highest BCUT2D eigenvalue weighted by Crippen LogP contribution is 2.32. The zero-order valence-corrected chi connectivity index (χ0v) is 9.66. The standard InChI is InChI=1S/C13H19NO/c1-9-7-13(9)14-10(2)11-5-4-6-12(8-11)15-3/h4-6,8-10,13-14H,7H2,1-3H3. The van der Waals surface area contributed by atoms with Crippen LogP contribution in [0.3, 0.4) is 0 Å². The molecule has 2 rings (SSSR count). The molecule has 3 atom stereocenters. The summed E-state index contributed by atoms with van der Waals surface area (Å²) in [5, 5.41) is 3.62. The second-order valence-corrected chi connectivity index (χ2v) is 4.48. The summed E-state index contributed by atoms with van der Waals surface area (Å²) < 4.78 is 5.22. The van der Waals surface area contributed by atoms with Crippen LogP contribution in [0.25, 0.3) is 0 Å². The van der Waals surface area contributed by atoms with Crippen molar-refractivity contribution in [2.24, 2.45) is 5.92 Å². The summed E-state index contributed by atoms with van der Waals surface area (Å²) in [6, 6.07) is 9.40. The van der Waals surface area contributed by atoms with Crippen molar-refractivity contribution in [2.45, 2.75) is 32.4 Å². The lowest BCUT2D eigenvalue weighted by Crippen LogP contribution is -2.21.